The summed E-state index contributed by atoms with van der Waals surface area (Å²) in [6.07, 6.45) is 8.75. The highest BCUT2D eigenvalue weighted by molar-refractivity contribution is 6.31. The third-order valence-corrected chi connectivity index (χ3v) is 4.72. The lowest BCUT2D eigenvalue weighted by Gasteiger charge is -2.32. The van der Waals surface area contributed by atoms with E-state index in [4.69, 9.17) is 16.3 Å². The largest absolute Gasteiger partial charge is 0.373 e. The summed E-state index contributed by atoms with van der Waals surface area (Å²) < 4.78 is 7.77. The van der Waals surface area contributed by atoms with Gasteiger partial charge in [0.2, 0.25) is 0 Å². The number of carbonyl (C=O) groups excluding carboxylic acids is 1. The average molecular weight is 297 g/mol. The molecule has 1 aromatic rings. The molecule has 1 saturated heterocycles. The van der Waals surface area contributed by atoms with Crippen LogP contribution < -0.4 is 5.32 Å². The lowest BCUT2D eigenvalue weighted by molar-refractivity contribution is -0.0246. The van der Waals surface area contributed by atoms with Crippen molar-refractivity contribution in [2.24, 2.45) is 7.05 Å². The smallest absolute Gasteiger partial charge is 0.268 e. The van der Waals surface area contributed by atoms with Crippen molar-refractivity contribution in [3.05, 3.63) is 23.0 Å². The molecule has 0 aromatic carbocycles. The summed E-state index contributed by atoms with van der Waals surface area (Å²) in [4.78, 5) is 12.3. The maximum atomic E-state index is 12.3. The van der Waals surface area contributed by atoms with E-state index in [1.165, 1.54) is 19.3 Å². The molecule has 0 bridgehead atoms. The van der Waals surface area contributed by atoms with E-state index in [0.717, 1.165) is 19.3 Å². The van der Waals surface area contributed by atoms with Crippen LogP contribution in [-0.4, -0.2) is 28.7 Å². The zero-order chi connectivity index (χ0) is 14.2. The number of halogens is 1. The number of amides is 1. The molecule has 2 aliphatic rings. The number of nitrogens with zero attached hydrogens (tertiary/aromatic N) is 1. The minimum absolute atomic E-state index is 0.0298. The number of aryl methyl sites for hydroxylation is 1. The Bertz CT molecular complexity index is 506. The van der Waals surface area contributed by atoms with Crippen LogP contribution in [0.15, 0.2) is 12.3 Å². The number of hydrogen-bond donors (Lipinski definition) is 1. The maximum Gasteiger partial charge on any atom is 0.268 e. The van der Waals surface area contributed by atoms with Gasteiger partial charge in [0.25, 0.3) is 5.91 Å². The van der Waals surface area contributed by atoms with E-state index in [0.29, 0.717) is 17.3 Å². The van der Waals surface area contributed by atoms with Crippen molar-refractivity contribution in [1.82, 2.24) is 9.88 Å². The molecular weight excluding hydrogens is 276 g/mol. The van der Waals surface area contributed by atoms with Crippen molar-refractivity contribution in [3.63, 3.8) is 0 Å². The molecule has 1 saturated carbocycles. The van der Waals surface area contributed by atoms with Crippen molar-refractivity contribution in [2.75, 3.05) is 6.61 Å². The third-order valence-electron chi connectivity index (χ3n) is 4.51. The van der Waals surface area contributed by atoms with E-state index >= 15 is 0 Å². The van der Waals surface area contributed by atoms with Gasteiger partial charge in [0.1, 0.15) is 5.69 Å². The van der Waals surface area contributed by atoms with Gasteiger partial charge in [0.05, 0.1) is 23.3 Å². The number of rotatable bonds is 2. The summed E-state index contributed by atoms with van der Waals surface area (Å²) in [5.41, 5.74) is 0.627. The molecule has 3 rings (SSSR count). The third kappa shape index (κ3) is 2.72. The summed E-state index contributed by atoms with van der Waals surface area (Å²) in [7, 11) is 1.83. The Morgan fingerprint density at radius 1 is 1.45 bits per heavy atom. The molecule has 1 aromatic heterocycles. The zero-order valence-electron chi connectivity index (χ0n) is 11.8. The van der Waals surface area contributed by atoms with Gasteiger partial charge in [-0.25, -0.2) is 0 Å². The topological polar surface area (TPSA) is 43.3 Å². The predicted molar refractivity (Wildman–Crippen MR) is 78.1 cm³/mol. The van der Waals surface area contributed by atoms with Crippen molar-refractivity contribution >= 4 is 17.5 Å². The summed E-state index contributed by atoms with van der Waals surface area (Å²) in [5, 5.41) is 3.66. The van der Waals surface area contributed by atoms with Crippen LogP contribution in [0.2, 0.25) is 5.02 Å². The van der Waals surface area contributed by atoms with Crippen LogP contribution in [0.3, 0.4) is 0 Å². The van der Waals surface area contributed by atoms with Crippen LogP contribution in [0.4, 0.5) is 0 Å². The fourth-order valence-corrected chi connectivity index (χ4v) is 3.74. The Morgan fingerprint density at radius 3 is 2.85 bits per heavy atom. The first-order valence-electron chi connectivity index (χ1n) is 7.35. The maximum absolute atomic E-state index is 12.3. The van der Waals surface area contributed by atoms with Gasteiger partial charge in [-0.15, -0.1) is 0 Å². The van der Waals surface area contributed by atoms with Crippen molar-refractivity contribution < 1.29 is 9.53 Å². The van der Waals surface area contributed by atoms with Crippen LogP contribution in [0.5, 0.6) is 0 Å². The van der Waals surface area contributed by atoms with Gasteiger partial charge in [-0.1, -0.05) is 30.9 Å². The van der Waals surface area contributed by atoms with E-state index in [9.17, 15) is 4.79 Å². The number of hydrogen-bond acceptors (Lipinski definition) is 2. The highest BCUT2D eigenvalue weighted by Crippen LogP contribution is 2.39. The molecule has 20 heavy (non-hydrogen) atoms. The Hall–Kier alpha value is -1.00. The van der Waals surface area contributed by atoms with Crippen molar-refractivity contribution in [2.45, 2.75) is 50.2 Å². The van der Waals surface area contributed by atoms with E-state index in [1.54, 1.807) is 16.8 Å². The molecular formula is C15H21ClN2O2. The number of aromatic nitrogens is 1. The molecule has 2 heterocycles. The second kappa shape index (κ2) is 5.41. The number of carbonyl (C=O) groups is 1. The molecule has 1 aliphatic heterocycles. The zero-order valence-corrected chi connectivity index (χ0v) is 12.6. The standard InChI is InChI=1S/C15H21ClN2O2/c1-18-9-11(16)7-13(18)14(19)17-12-8-15(20-10-12)5-3-2-4-6-15/h7,9,12H,2-6,8,10H2,1H3,(H,17,19)/t12-/m1/s1. The van der Waals surface area contributed by atoms with E-state index < -0.39 is 0 Å². The van der Waals surface area contributed by atoms with Gasteiger partial charge in [-0.3, -0.25) is 4.79 Å². The normalized spacial score (nSPS) is 25.0. The first-order chi connectivity index (χ1) is 9.58. The summed E-state index contributed by atoms with van der Waals surface area (Å²) >= 11 is 5.92. The molecule has 0 unspecified atom stereocenters. The second-order valence-electron chi connectivity index (χ2n) is 6.08. The molecule has 1 N–H and O–H groups in total. The van der Waals surface area contributed by atoms with E-state index in [2.05, 4.69) is 5.32 Å². The van der Waals surface area contributed by atoms with Gasteiger partial charge < -0.3 is 14.6 Å². The van der Waals surface area contributed by atoms with Gasteiger partial charge in [0.15, 0.2) is 0 Å². The van der Waals surface area contributed by atoms with Gasteiger partial charge >= 0.3 is 0 Å². The molecule has 1 spiro atoms. The fourth-order valence-electron chi connectivity index (χ4n) is 3.49. The molecule has 1 atom stereocenters. The Morgan fingerprint density at radius 2 is 2.20 bits per heavy atom. The second-order valence-corrected chi connectivity index (χ2v) is 6.52. The number of ether oxygens (including phenoxy) is 1. The van der Waals surface area contributed by atoms with Crippen molar-refractivity contribution in [1.29, 1.82) is 0 Å². The molecule has 5 heteroatoms. The highest BCUT2D eigenvalue weighted by Gasteiger charge is 2.41. The SMILES string of the molecule is Cn1cc(Cl)cc1C(=O)N[C@H]1COC2(CCCCC2)C1. The van der Waals surface area contributed by atoms with Gasteiger partial charge in [-0.2, -0.15) is 0 Å². The van der Waals surface area contributed by atoms with Crippen LogP contribution in [0.25, 0.3) is 0 Å². The first kappa shape index (κ1) is 14.0. The Labute approximate surface area is 124 Å². The lowest BCUT2D eigenvalue weighted by Crippen LogP contribution is -2.38. The van der Waals surface area contributed by atoms with Crippen LogP contribution >= 0.6 is 11.6 Å². The van der Waals surface area contributed by atoms with Crippen LogP contribution in [0, 0.1) is 0 Å². The molecule has 110 valence electrons. The minimum Gasteiger partial charge on any atom is -0.373 e. The molecule has 4 nitrogen and oxygen atoms in total. The molecule has 2 fully saturated rings. The van der Waals surface area contributed by atoms with Gasteiger partial charge in [0, 0.05) is 13.2 Å². The predicted octanol–water partition coefficient (Wildman–Crippen LogP) is 2.90. The number of nitrogens with one attached hydrogen (secondary N) is 1. The highest BCUT2D eigenvalue weighted by atomic mass is 35.5. The van der Waals surface area contributed by atoms with E-state index in [-0.39, 0.29) is 17.6 Å². The minimum atomic E-state index is -0.0686. The van der Waals surface area contributed by atoms with E-state index in [1.807, 2.05) is 7.05 Å². The lowest BCUT2D eigenvalue weighted by atomic mass is 9.82. The molecule has 1 aliphatic carbocycles. The van der Waals surface area contributed by atoms with Gasteiger partial charge in [-0.05, 0) is 25.3 Å². The Balaban J connectivity index is 1.61. The molecule has 0 radical (unpaired) electrons. The monoisotopic (exact) mass is 296 g/mol. The summed E-state index contributed by atoms with van der Waals surface area (Å²) in [5.74, 6) is -0.0686. The summed E-state index contributed by atoms with van der Waals surface area (Å²) in [6, 6.07) is 1.82. The summed E-state index contributed by atoms with van der Waals surface area (Å²) in [6.45, 7) is 0.629. The fraction of sp³-hybridized carbons (Fsp3) is 0.667. The van der Waals surface area contributed by atoms with Crippen LogP contribution in [0.1, 0.15) is 49.0 Å². The quantitative estimate of drug-likeness (QED) is 0.912. The average Bonchev–Trinajstić information content (AvgIpc) is 2.94. The first-order valence-corrected chi connectivity index (χ1v) is 7.72. The molecule has 1 amide bonds. The van der Waals surface area contributed by atoms with Crippen molar-refractivity contribution in [3.8, 4) is 0 Å². The Kier molecular flexibility index (Phi) is 3.78. The van der Waals surface area contributed by atoms with Crippen LogP contribution in [-0.2, 0) is 11.8 Å².